The van der Waals surface area contributed by atoms with Crippen molar-refractivity contribution in [2.24, 2.45) is 0 Å². The average Bonchev–Trinajstić information content (AvgIpc) is 3.85. The molecule has 0 radical (unpaired) electrons. The van der Waals surface area contributed by atoms with Crippen molar-refractivity contribution in [2.45, 2.75) is 38.5 Å². The van der Waals surface area contributed by atoms with Crippen LogP contribution in [0.4, 0.5) is 17.1 Å². The van der Waals surface area contributed by atoms with E-state index in [-0.39, 0.29) is 10.8 Å². The summed E-state index contributed by atoms with van der Waals surface area (Å²) >= 11 is 0. The molecule has 4 nitrogen and oxygen atoms in total. The molecule has 0 atom stereocenters. The molecule has 0 N–H and O–H groups in total. The molecular weight excluding hydrogens is 753 g/mol. The lowest BCUT2D eigenvalue weighted by Crippen LogP contribution is -2.20. The molecule has 0 saturated carbocycles. The third kappa shape index (κ3) is 5.39. The van der Waals surface area contributed by atoms with E-state index >= 15 is 0 Å². The van der Waals surface area contributed by atoms with Gasteiger partial charge in [-0.2, -0.15) is 0 Å². The van der Waals surface area contributed by atoms with E-state index in [0.29, 0.717) is 0 Å². The Morgan fingerprint density at radius 2 is 0.823 bits per heavy atom. The van der Waals surface area contributed by atoms with E-state index < -0.39 is 0 Å². The van der Waals surface area contributed by atoms with Gasteiger partial charge in [0.1, 0.15) is 0 Å². The number of benzene rings is 8. The normalized spacial score (nSPS) is 14.1. The minimum atomic E-state index is -0.321. The molecule has 0 aliphatic heterocycles. The molecule has 0 saturated heterocycles. The summed E-state index contributed by atoms with van der Waals surface area (Å²) in [5.41, 5.74) is 20.1. The second-order valence-electron chi connectivity index (χ2n) is 17.9. The highest BCUT2D eigenvalue weighted by Crippen LogP contribution is 2.54. The summed E-state index contributed by atoms with van der Waals surface area (Å²) in [5.74, 6) is 0. The van der Waals surface area contributed by atoms with Gasteiger partial charge in [-0.3, -0.25) is 0 Å². The quantitative estimate of drug-likeness (QED) is 0.168. The maximum Gasteiger partial charge on any atom is 0.0933 e. The van der Waals surface area contributed by atoms with Crippen molar-refractivity contribution < 1.29 is 0 Å². The van der Waals surface area contributed by atoms with Crippen LogP contribution < -0.4 is 4.90 Å². The van der Waals surface area contributed by atoms with Crippen molar-refractivity contribution in [3.8, 4) is 50.5 Å². The number of aromatic nitrogens is 3. The number of para-hydroxylation sites is 4. The van der Waals surface area contributed by atoms with E-state index in [4.69, 9.17) is 9.97 Å². The first kappa shape index (κ1) is 36.3. The maximum absolute atomic E-state index is 5.57. The molecule has 2 heterocycles. The lowest BCUT2D eigenvalue weighted by Gasteiger charge is -2.25. The van der Waals surface area contributed by atoms with Crippen molar-refractivity contribution in [2.75, 3.05) is 4.90 Å². The predicted octanol–water partition coefficient (Wildman–Crippen LogP) is 15.0. The Bertz CT molecular complexity index is 3340. The standard InChI is InChI=1S/C58H44N4/c1-57(2)49-35-39(37-24-29-44(30-25-37)61(41-16-8-5-9-17-41)42-18-10-6-11-19-42)26-31-46(49)53-55(57)60-54-47-32-27-40(36-50(47)58(3,4)56(54)59-53)38-28-33-52-48(34-38)45-22-14-15-23-51(45)62(52)43-20-12-7-13-21-43/h5-36H,1-4H3. The van der Waals surface area contributed by atoms with Crippen LogP contribution in [0, 0.1) is 0 Å². The van der Waals surface area contributed by atoms with Crippen LogP contribution in [-0.2, 0) is 10.8 Å². The first-order valence-electron chi connectivity index (χ1n) is 21.6. The molecule has 4 heteroatoms. The molecule has 2 aromatic heterocycles. The van der Waals surface area contributed by atoms with Crippen molar-refractivity contribution in [3.05, 3.63) is 217 Å². The fraction of sp³-hybridized carbons (Fsp3) is 0.103. The van der Waals surface area contributed by atoms with Crippen LogP contribution in [0.2, 0.25) is 0 Å². The first-order valence-corrected chi connectivity index (χ1v) is 21.6. The predicted molar refractivity (Wildman–Crippen MR) is 257 cm³/mol. The van der Waals surface area contributed by atoms with Gasteiger partial charge >= 0.3 is 0 Å². The second kappa shape index (κ2) is 13.5. The molecule has 8 aromatic carbocycles. The summed E-state index contributed by atoms with van der Waals surface area (Å²) in [6.07, 6.45) is 0. The minimum absolute atomic E-state index is 0.318. The molecule has 0 bridgehead atoms. The Hall–Kier alpha value is -7.56. The molecule has 0 fully saturated rings. The van der Waals surface area contributed by atoms with Gasteiger partial charge in [0.05, 0.1) is 33.8 Å². The topological polar surface area (TPSA) is 34.0 Å². The monoisotopic (exact) mass is 796 g/mol. The number of nitrogens with zero attached hydrogens (tertiary/aromatic N) is 4. The fourth-order valence-electron chi connectivity index (χ4n) is 10.2. The van der Waals surface area contributed by atoms with Crippen LogP contribution in [0.15, 0.2) is 194 Å². The van der Waals surface area contributed by atoms with E-state index in [1.807, 2.05) is 0 Å². The van der Waals surface area contributed by atoms with Gasteiger partial charge in [0.25, 0.3) is 0 Å². The zero-order valence-corrected chi connectivity index (χ0v) is 35.3. The Morgan fingerprint density at radius 1 is 0.387 bits per heavy atom. The van der Waals surface area contributed by atoms with Crippen LogP contribution in [-0.4, -0.2) is 14.5 Å². The molecule has 62 heavy (non-hydrogen) atoms. The Kier molecular flexibility index (Phi) is 7.89. The van der Waals surface area contributed by atoms with Gasteiger partial charge < -0.3 is 9.47 Å². The van der Waals surface area contributed by atoms with Gasteiger partial charge in [-0.15, -0.1) is 0 Å². The van der Waals surface area contributed by atoms with Gasteiger partial charge in [-0.1, -0.05) is 143 Å². The minimum Gasteiger partial charge on any atom is -0.311 e. The number of rotatable bonds is 6. The maximum atomic E-state index is 5.57. The highest BCUT2D eigenvalue weighted by atomic mass is 15.1. The Morgan fingerprint density at radius 3 is 1.40 bits per heavy atom. The lowest BCUT2D eigenvalue weighted by atomic mass is 9.83. The molecule has 12 rings (SSSR count). The highest BCUT2D eigenvalue weighted by Gasteiger charge is 2.44. The van der Waals surface area contributed by atoms with Crippen molar-refractivity contribution in [1.82, 2.24) is 14.5 Å². The van der Waals surface area contributed by atoms with Gasteiger partial charge in [0.2, 0.25) is 0 Å². The summed E-state index contributed by atoms with van der Waals surface area (Å²) in [6.45, 7) is 9.23. The molecule has 2 aliphatic rings. The zero-order chi connectivity index (χ0) is 41.7. The lowest BCUT2D eigenvalue weighted by molar-refractivity contribution is 0.617. The number of hydrogen-bond donors (Lipinski definition) is 0. The van der Waals surface area contributed by atoms with Crippen molar-refractivity contribution in [3.63, 3.8) is 0 Å². The Balaban J connectivity index is 0.886. The summed E-state index contributed by atoms with van der Waals surface area (Å²) in [4.78, 5) is 13.4. The number of anilines is 3. The molecule has 0 unspecified atom stereocenters. The number of hydrogen-bond acceptors (Lipinski definition) is 3. The zero-order valence-electron chi connectivity index (χ0n) is 35.3. The van der Waals surface area contributed by atoms with Crippen molar-refractivity contribution >= 4 is 38.9 Å². The van der Waals surface area contributed by atoms with E-state index in [1.165, 1.54) is 72.0 Å². The van der Waals surface area contributed by atoms with Crippen molar-refractivity contribution in [1.29, 1.82) is 0 Å². The van der Waals surface area contributed by atoms with E-state index in [0.717, 1.165) is 39.8 Å². The van der Waals surface area contributed by atoms with Crippen LogP contribution in [0.1, 0.15) is 50.2 Å². The van der Waals surface area contributed by atoms with Gasteiger partial charge in [-0.25, -0.2) is 9.97 Å². The van der Waals surface area contributed by atoms with Crippen LogP contribution >= 0.6 is 0 Å². The highest BCUT2D eigenvalue weighted by molar-refractivity contribution is 6.10. The molecule has 0 amide bonds. The fourth-order valence-corrected chi connectivity index (χ4v) is 10.2. The molecule has 10 aromatic rings. The molecular formula is C58H44N4. The molecule has 296 valence electrons. The van der Waals surface area contributed by atoms with Crippen LogP contribution in [0.25, 0.3) is 72.3 Å². The smallest absolute Gasteiger partial charge is 0.0933 e. The largest absolute Gasteiger partial charge is 0.311 e. The van der Waals surface area contributed by atoms with Crippen LogP contribution in [0.5, 0.6) is 0 Å². The molecule has 2 aliphatic carbocycles. The summed E-state index contributed by atoms with van der Waals surface area (Å²) < 4.78 is 2.37. The van der Waals surface area contributed by atoms with Gasteiger partial charge in [0, 0.05) is 55.5 Å². The summed E-state index contributed by atoms with van der Waals surface area (Å²) in [7, 11) is 0. The second-order valence-corrected chi connectivity index (χ2v) is 17.9. The Labute approximate surface area is 362 Å². The van der Waals surface area contributed by atoms with Gasteiger partial charge in [0.15, 0.2) is 0 Å². The van der Waals surface area contributed by atoms with E-state index in [9.17, 15) is 0 Å². The summed E-state index contributed by atoms with van der Waals surface area (Å²) in [5, 5.41) is 2.51. The average molecular weight is 797 g/mol. The van der Waals surface area contributed by atoms with E-state index in [2.05, 4.69) is 231 Å². The van der Waals surface area contributed by atoms with Crippen LogP contribution in [0.3, 0.4) is 0 Å². The van der Waals surface area contributed by atoms with Gasteiger partial charge in [-0.05, 0) is 112 Å². The third-order valence-corrected chi connectivity index (χ3v) is 13.5. The summed E-state index contributed by atoms with van der Waals surface area (Å²) in [6, 6.07) is 70.2. The third-order valence-electron chi connectivity index (χ3n) is 13.5. The van der Waals surface area contributed by atoms with E-state index in [1.54, 1.807) is 0 Å². The SMILES string of the molecule is CC1(C)c2cc(-c3ccc(N(c4ccccc4)c4ccccc4)cc3)ccc2-c2nc3c(nc21)-c1ccc(-c2ccc4c(c2)c2ccccc2n4-c2ccccc2)cc1C3(C)C. The number of fused-ring (bicyclic) bond motifs is 9. The first-order chi connectivity index (χ1) is 30.3. The molecule has 0 spiro atoms.